The van der Waals surface area contributed by atoms with Crippen LogP contribution in [0.25, 0.3) is 16.7 Å². The minimum absolute atomic E-state index is 0.681. The Morgan fingerprint density at radius 2 is 1.88 bits per heavy atom. The van der Waals surface area contributed by atoms with Crippen molar-refractivity contribution in [2.75, 3.05) is 0 Å². The molecule has 0 saturated carbocycles. The number of para-hydroxylation sites is 1. The highest BCUT2D eigenvalue weighted by molar-refractivity contribution is 7.98. The highest BCUT2D eigenvalue weighted by Gasteiger charge is 2.11. The van der Waals surface area contributed by atoms with Crippen molar-refractivity contribution in [3.63, 3.8) is 0 Å². The van der Waals surface area contributed by atoms with Crippen molar-refractivity contribution in [1.82, 2.24) is 30.2 Å². The van der Waals surface area contributed by atoms with Gasteiger partial charge in [0.1, 0.15) is 5.82 Å². The lowest BCUT2D eigenvalue weighted by molar-refractivity contribution is 0.756. The zero-order valence-electron chi connectivity index (χ0n) is 13.4. The van der Waals surface area contributed by atoms with Gasteiger partial charge in [-0.1, -0.05) is 30.0 Å². The number of imidazole rings is 1. The predicted octanol–water partition coefficient (Wildman–Crippen LogP) is 3.45. The first-order valence-corrected chi connectivity index (χ1v) is 8.62. The lowest BCUT2D eigenvalue weighted by Gasteiger charge is -2.02. The Balaban J connectivity index is 1.57. The first kappa shape index (κ1) is 14.9. The van der Waals surface area contributed by atoms with Crippen LogP contribution in [0.1, 0.15) is 17.0 Å². The van der Waals surface area contributed by atoms with Crippen LogP contribution in [0.4, 0.5) is 0 Å². The molecule has 1 N–H and O–H groups in total. The summed E-state index contributed by atoms with van der Waals surface area (Å²) in [5, 5.41) is 12.7. The summed E-state index contributed by atoms with van der Waals surface area (Å²) in [5.41, 5.74) is 5.52. The number of hydrogen-bond acceptors (Lipinski definition) is 5. The zero-order valence-corrected chi connectivity index (χ0v) is 14.2. The van der Waals surface area contributed by atoms with Gasteiger partial charge in [-0.3, -0.25) is 0 Å². The quantitative estimate of drug-likeness (QED) is 0.578. The number of hydrogen-bond donors (Lipinski definition) is 1. The first-order valence-electron chi connectivity index (χ1n) is 7.63. The van der Waals surface area contributed by atoms with Crippen molar-refractivity contribution < 1.29 is 0 Å². The molecule has 2 heterocycles. The molecule has 0 bridgehead atoms. The highest BCUT2D eigenvalue weighted by Crippen LogP contribution is 2.23. The second kappa shape index (κ2) is 6.09. The fraction of sp³-hybridized carbons (Fsp3) is 0.176. The van der Waals surface area contributed by atoms with E-state index in [4.69, 9.17) is 0 Å². The van der Waals surface area contributed by atoms with Crippen LogP contribution in [0.15, 0.2) is 47.6 Å². The smallest absolute Gasteiger partial charge is 0.214 e. The molecule has 0 atom stereocenters. The van der Waals surface area contributed by atoms with Crippen molar-refractivity contribution in [3.05, 3.63) is 59.4 Å². The van der Waals surface area contributed by atoms with Gasteiger partial charge in [-0.2, -0.15) is 4.68 Å². The van der Waals surface area contributed by atoms with Crippen molar-refractivity contribution in [2.45, 2.75) is 24.8 Å². The topological polar surface area (TPSA) is 72.3 Å². The van der Waals surface area contributed by atoms with E-state index in [9.17, 15) is 0 Å². The van der Waals surface area contributed by atoms with Gasteiger partial charge in [0.2, 0.25) is 5.16 Å². The van der Waals surface area contributed by atoms with E-state index in [1.807, 2.05) is 30.3 Å². The maximum absolute atomic E-state index is 4.66. The van der Waals surface area contributed by atoms with E-state index in [0.29, 0.717) is 5.75 Å². The van der Waals surface area contributed by atoms with Crippen LogP contribution < -0.4 is 0 Å². The van der Waals surface area contributed by atoms with E-state index in [1.165, 1.54) is 11.1 Å². The number of benzene rings is 2. The van der Waals surface area contributed by atoms with Crippen LogP contribution in [0.3, 0.4) is 0 Å². The van der Waals surface area contributed by atoms with E-state index in [0.717, 1.165) is 27.7 Å². The minimum Gasteiger partial charge on any atom is -0.341 e. The van der Waals surface area contributed by atoms with Gasteiger partial charge in [-0.25, -0.2) is 4.98 Å². The lowest BCUT2D eigenvalue weighted by atomic mass is 10.1. The predicted molar refractivity (Wildman–Crippen MR) is 94.3 cm³/mol. The number of aryl methyl sites for hydroxylation is 2. The second-order valence-electron chi connectivity index (χ2n) is 5.63. The summed E-state index contributed by atoms with van der Waals surface area (Å²) in [6, 6.07) is 14.1. The standard InChI is InChI=1S/C17H16N6S/c1-11-8-14-15(9-12(11)2)19-16(18-14)10-24-17-20-21-22-23(17)13-6-4-3-5-7-13/h3-9H,10H2,1-2H3,(H,18,19). The Labute approximate surface area is 143 Å². The summed E-state index contributed by atoms with van der Waals surface area (Å²) in [7, 11) is 0. The number of nitrogens with one attached hydrogen (secondary N) is 1. The molecule has 6 nitrogen and oxygen atoms in total. The number of thioether (sulfide) groups is 1. The maximum Gasteiger partial charge on any atom is 0.214 e. The molecule has 2 aromatic carbocycles. The third-order valence-electron chi connectivity index (χ3n) is 3.93. The fourth-order valence-corrected chi connectivity index (χ4v) is 3.28. The van der Waals surface area contributed by atoms with Gasteiger partial charge in [0, 0.05) is 0 Å². The Morgan fingerprint density at radius 3 is 2.71 bits per heavy atom. The molecule has 0 saturated heterocycles. The Hall–Kier alpha value is -2.67. The third kappa shape index (κ3) is 2.78. The van der Waals surface area contributed by atoms with Gasteiger partial charge in [-0.05, 0) is 59.7 Å². The van der Waals surface area contributed by atoms with Gasteiger partial charge in [0.15, 0.2) is 0 Å². The average molecular weight is 336 g/mol. The SMILES string of the molecule is Cc1cc2nc(CSc3nnnn3-c3ccccc3)[nH]c2cc1C. The summed E-state index contributed by atoms with van der Waals surface area (Å²) in [6.07, 6.45) is 0. The van der Waals surface area contributed by atoms with Crippen LogP contribution in [0.5, 0.6) is 0 Å². The summed E-state index contributed by atoms with van der Waals surface area (Å²) >= 11 is 1.56. The van der Waals surface area contributed by atoms with E-state index >= 15 is 0 Å². The van der Waals surface area contributed by atoms with Gasteiger partial charge >= 0.3 is 0 Å². The number of aromatic amines is 1. The lowest BCUT2D eigenvalue weighted by Crippen LogP contribution is -1.98. The van der Waals surface area contributed by atoms with Crippen molar-refractivity contribution in [3.8, 4) is 5.69 Å². The van der Waals surface area contributed by atoms with Crippen molar-refractivity contribution >= 4 is 22.8 Å². The molecule has 2 aromatic heterocycles. The molecule has 0 aliphatic carbocycles. The van der Waals surface area contributed by atoms with Gasteiger partial charge < -0.3 is 4.98 Å². The third-order valence-corrected chi connectivity index (χ3v) is 4.86. The van der Waals surface area contributed by atoms with E-state index in [2.05, 4.69) is 51.5 Å². The van der Waals surface area contributed by atoms with E-state index < -0.39 is 0 Å². The number of aromatic nitrogens is 6. The number of rotatable bonds is 4. The molecule has 4 rings (SSSR count). The van der Waals surface area contributed by atoms with Crippen LogP contribution >= 0.6 is 11.8 Å². The van der Waals surface area contributed by atoms with Crippen LogP contribution in [-0.2, 0) is 5.75 Å². The minimum atomic E-state index is 0.681. The zero-order chi connectivity index (χ0) is 16.5. The molecular weight excluding hydrogens is 320 g/mol. The molecule has 7 heteroatoms. The Morgan fingerprint density at radius 1 is 1.08 bits per heavy atom. The molecule has 0 aliphatic rings. The Bertz CT molecular complexity index is 950. The normalized spacial score (nSPS) is 11.2. The largest absolute Gasteiger partial charge is 0.341 e. The number of fused-ring (bicyclic) bond motifs is 1. The molecule has 0 radical (unpaired) electrons. The highest BCUT2D eigenvalue weighted by atomic mass is 32.2. The molecule has 0 aliphatic heterocycles. The van der Waals surface area contributed by atoms with Crippen LogP contribution in [0, 0.1) is 13.8 Å². The molecular formula is C17H16N6S. The first-order chi connectivity index (χ1) is 11.7. The van der Waals surface area contributed by atoms with Crippen LogP contribution in [-0.4, -0.2) is 30.2 Å². The molecule has 0 spiro atoms. The molecule has 120 valence electrons. The van der Waals surface area contributed by atoms with Gasteiger partial charge in [0.25, 0.3) is 0 Å². The summed E-state index contributed by atoms with van der Waals surface area (Å²) in [4.78, 5) is 8.04. The van der Waals surface area contributed by atoms with Crippen molar-refractivity contribution in [1.29, 1.82) is 0 Å². The maximum atomic E-state index is 4.66. The molecule has 0 amide bonds. The van der Waals surface area contributed by atoms with Gasteiger partial charge in [0.05, 0.1) is 22.5 Å². The molecule has 0 unspecified atom stereocenters. The Kier molecular flexibility index (Phi) is 3.78. The average Bonchev–Trinajstić information content (AvgIpc) is 3.20. The van der Waals surface area contributed by atoms with Gasteiger partial charge in [-0.15, -0.1) is 5.10 Å². The van der Waals surface area contributed by atoms with E-state index in [1.54, 1.807) is 16.4 Å². The monoisotopic (exact) mass is 336 g/mol. The summed E-state index contributed by atoms with van der Waals surface area (Å²) < 4.78 is 1.74. The number of tetrazole rings is 1. The van der Waals surface area contributed by atoms with Crippen LogP contribution in [0.2, 0.25) is 0 Å². The molecule has 0 fully saturated rings. The second-order valence-corrected chi connectivity index (χ2v) is 6.58. The number of H-pyrrole nitrogens is 1. The van der Waals surface area contributed by atoms with E-state index in [-0.39, 0.29) is 0 Å². The summed E-state index contributed by atoms with van der Waals surface area (Å²) in [5.74, 6) is 1.60. The van der Waals surface area contributed by atoms with Crippen molar-refractivity contribution in [2.24, 2.45) is 0 Å². The number of nitrogens with zero attached hydrogens (tertiary/aromatic N) is 5. The molecule has 4 aromatic rings. The summed E-state index contributed by atoms with van der Waals surface area (Å²) in [6.45, 7) is 4.21. The fourth-order valence-electron chi connectivity index (χ4n) is 2.52. The molecule has 24 heavy (non-hydrogen) atoms.